The summed E-state index contributed by atoms with van der Waals surface area (Å²) in [5.41, 5.74) is 4.33. The number of nitrogens with one attached hydrogen (secondary N) is 1. The van der Waals surface area contributed by atoms with E-state index in [9.17, 15) is 9.90 Å². The molecule has 8 nitrogen and oxygen atoms in total. The number of likely N-dealkylation sites (tertiary alicyclic amines) is 1. The van der Waals surface area contributed by atoms with Crippen LogP contribution in [-0.4, -0.2) is 62.5 Å². The van der Waals surface area contributed by atoms with Crippen LogP contribution in [0.5, 0.6) is 0 Å². The van der Waals surface area contributed by atoms with Crippen molar-refractivity contribution in [3.8, 4) is 0 Å². The number of unbranched alkanes of at least 4 members (excludes halogenated alkanes) is 1. The Morgan fingerprint density at radius 3 is 2.70 bits per heavy atom. The van der Waals surface area contributed by atoms with E-state index < -0.39 is 6.09 Å². The normalized spacial score (nSPS) is 17.5. The van der Waals surface area contributed by atoms with Crippen LogP contribution in [0.15, 0.2) is 12.1 Å². The van der Waals surface area contributed by atoms with Crippen LogP contribution in [0.1, 0.15) is 70.5 Å². The molecule has 0 spiro atoms. The van der Waals surface area contributed by atoms with Crippen molar-refractivity contribution >= 4 is 50.1 Å². The van der Waals surface area contributed by atoms with Crippen molar-refractivity contribution < 1.29 is 14.6 Å². The number of carbonyl (C=O) groups is 1. The smallest absolute Gasteiger partial charge is 0.407 e. The van der Waals surface area contributed by atoms with Crippen LogP contribution in [0.25, 0.3) is 26.8 Å². The Hall–Kier alpha value is -2.65. The molecule has 200 valence electrons. The molecule has 3 aromatic rings. The Labute approximate surface area is 222 Å². The zero-order valence-electron chi connectivity index (χ0n) is 22.5. The third-order valence-corrected chi connectivity index (χ3v) is 8.49. The number of hydrogen-bond donors (Lipinski definition) is 2. The molecule has 0 aliphatic carbocycles. The Balaban J connectivity index is 1.64. The number of aryl methyl sites for hydroxylation is 1. The molecular weight excluding hydrogens is 486 g/mol. The molecule has 0 aromatic carbocycles. The molecule has 1 fully saturated rings. The average molecular weight is 526 g/mol. The number of carboxylic acid groups (broad SMARTS) is 1. The molecule has 9 heteroatoms. The number of ether oxygens (including phenoxy) is 1. The molecule has 3 aromatic heterocycles. The first-order valence-electron chi connectivity index (χ1n) is 13.6. The van der Waals surface area contributed by atoms with Gasteiger partial charge < -0.3 is 24.6 Å². The van der Waals surface area contributed by atoms with E-state index in [1.807, 2.05) is 11.3 Å². The molecule has 5 heterocycles. The minimum Gasteiger partial charge on any atom is -0.465 e. The minimum atomic E-state index is -0.811. The SMILES string of the molecule is CCCCc1nc2c(NC(C)(C)C)nc3cc(C4=CCOCC4)sc3c2n1CC1CCN(C(=O)O)CC1. The molecule has 0 unspecified atom stereocenters. The van der Waals surface area contributed by atoms with Crippen LogP contribution in [0, 0.1) is 5.92 Å². The van der Waals surface area contributed by atoms with E-state index in [1.54, 1.807) is 4.90 Å². The maximum Gasteiger partial charge on any atom is 0.407 e. The summed E-state index contributed by atoms with van der Waals surface area (Å²) in [7, 11) is 0. The third kappa shape index (κ3) is 5.62. The number of pyridine rings is 1. The number of thiophene rings is 1. The molecule has 2 N–H and O–H groups in total. The van der Waals surface area contributed by atoms with Gasteiger partial charge in [0.15, 0.2) is 5.82 Å². The maximum absolute atomic E-state index is 11.4. The van der Waals surface area contributed by atoms with Crippen LogP contribution in [-0.2, 0) is 17.7 Å². The van der Waals surface area contributed by atoms with Gasteiger partial charge in [-0.3, -0.25) is 0 Å². The molecule has 37 heavy (non-hydrogen) atoms. The van der Waals surface area contributed by atoms with Crippen LogP contribution < -0.4 is 5.32 Å². The first kappa shape index (κ1) is 26.0. The number of imidazole rings is 1. The highest BCUT2D eigenvalue weighted by Crippen LogP contribution is 2.40. The fraction of sp³-hybridized carbons (Fsp3) is 0.607. The van der Waals surface area contributed by atoms with Crippen molar-refractivity contribution in [2.45, 2.75) is 78.3 Å². The highest BCUT2D eigenvalue weighted by atomic mass is 32.1. The van der Waals surface area contributed by atoms with Crippen LogP contribution in [0.3, 0.4) is 0 Å². The van der Waals surface area contributed by atoms with Crippen molar-refractivity contribution in [1.82, 2.24) is 19.4 Å². The second-order valence-corrected chi connectivity index (χ2v) is 12.4. The Morgan fingerprint density at radius 2 is 2.05 bits per heavy atom. The van der Waals surface area contributed by atoms with Gasteiger partial charge in [0, 0.05) is 36.5 Å². The number of rotatable bonds is 7. The fourth-order valence-corrected chi connectivity index (χ4v) is 6.56. The van der Waals surface area contributed by atoms with Gasteiger partial charge >= 0.3 is 6.09 Å². The van der Waals surface area contributed by atoms with Crippen molar-refractivity contribution in [3.63, 3.8) is 0 Å². The quantitative estimate of drug-likeness (QED) is 0.371. The molecule has 0 radical (unpaired) electrons. The van der Waals surface area contributed by atoms with Gasteiger partial charge in [-0.15, -0.1) is 11.3 Å². The third-order valence-electron chi connectivity index (χ3n) is 7.28. The lowest BCUT2D eigenvalue weighted by atomic mass is 9.97. The molecule has 5 rings (SSSR count). The van der Waals surface area contributed by atoms with E-state index in [0.29, 0.717) is 25.6 Å². The van der Waals surface area contributed by atoms with Gasteiger partial charge in [-0.1, -0.05) is 19.4 Å². The summed E-state index contributed by atoms with van der Waals surface area (Å²) >= 11 is 1.82. The average Bonchev–Trinajstić information content (AvgIpc) is 3.44. The number of aromatic nitrogens is 3. The molecule has 1 amide bonds. The maximum atomic E-state index is 11.4. The Kier molecular flexibility index (Phi) is 7.45. The number of piperidine rings is 1. The predicted octanol–water partition coefficient (Wildman–Crippen LogP) is 6.39. The first-order valence-corrected chi connectivity index (χ1v) is 14.4. The van der Waals surface area contributed by atoms with Gasteiger partial charge in [-0.2, -0.15) is 0 Å². The largest absolute Gasteiger partial charge is 0.465 e. The van der Waals surface area contributed by atoms with Gasteiger partial charge in [0.05, 0.1) is 28.9 Å². The van der Waals surface area contributed by atoms with E-state index in [0.717, 1.165) is 74.4 Å². The minimum absolute atomic E-state index is 0.146. The predicted molar refractivity (Wildman–Crippen MR) is 151 cm³/mol. The number of hydrogen-bond acceptors (Lipinski definition) is 6. The highest BCUT2D eigenvalue weighted by Gasteiger charge is 2.27. The summed E-state index contributed by atoms with van der Waals surface area (Å²) in [6, 6.07) is 2.23. The number of anilines is 1. The molecule has 1 saturated heterocycles. The molecule has 0 bridgehead atoms. The van der Waals surface area contributed by atoms with Gasteiger partial charge in [-0.25, -0.2) is 14.8 Å². The van der Waals surface area contributed by atoms with Crippen LogP contribution >= 0.6 is 11.3 Å². The molecular formula is C28H39N5O3S. The monoisotopic (exact) mass is 525 g/mol. The lowest BCUT2D eigenvalue weighted by molar-refractivity contribution is 0.121. The molecule has 0 saturated carbocycles. The summed E-state index contributed by atoms with van der Waals surface area (Å²) in [6.07, 6.45) is 7.19. The summed E-state index contributed by atoms with van der Waals surface area (Å²) in [6.45, 7) is 12.2. The van der Waals surface area contributed by atoms with Crippen molar-refractivity contribution in [1.29, 1.82) is 0 Å². The van der Waals surface area contributed by atoms with Crippen molar-refractivity contribution in [2.24, 2.45) is 5.92 Å². The van der Waals surface area contributed by atoms with Crippen LogP contribution in [0.2, 0.25) is 0 Å². The summed E-state index contributed by atoms with van der Waals surface area (Å²) in [5.74, 6) is 2.38. The van der Waals surface area contributed by atoms with Gasteiger partial charge in [0.2, 0.25) is 0 Å². The second kappa shape index (κ2) is 10.6. The zero-order valence-corrected chi connectivity index (χ0v) is 23.3. The van der Waals surface area contributed by atoms with E-state index >= 15 is 0 Å². The lowest BCUT2D eigenvalue weighted by Crippen LogP contribution is -2.38. The van der Waals surface area contributed by atoms with Crippen LogP contribution in [0.4, 0.5) is 10.6 Å². The van der Waals surface area contributed by atoms with E-state index in [4.69, 9.17) is 14.7 Å². The summed E-state index contributed by atoms with van der Waals surface area (Å²) in [5, 5.41) is 13.0. The number of fused-ring (bicyclic) bond motifs is 3. The summed E-state index contributed by atoms with van der Waals surface area (Å²) in [4.78, 5) is 24.6. The topological polar surface area (TPSA) is 92.5 Å². The standard InChI is InChI=1S/C28H39N5O3S/c1-5-6-7-22-30-23-24(33(22)17-18-8-12-32(13-9-18)27(34)35)25-20(29-26(23)31-28(2,3)4)16-21(37-25)19-10-14-36-15-11-19/h10,16,18H,5-9,11-15,17H2,1-4H3,(H,29,31)(H,34,35). The highest BCUT2D eigenvalue weighted by molar-refractivity contribution is 7.21. The van der Waals surface area contributed by atoms with E-state index in [-0.39, 0.29) is 5.54 Å². The fourth-order valence-electron chi connectivity index (χ4n) is 5.34. The Morgan fingerprint density at radius 1 is 1.27 bits per heavy atom. The zero-order chi connectivity index (χ0) is 26.2. The summed E-state index contributed by atoms with van der Waals surface area (Å²) < 4.78 is 9.19. The van der Waals surface area contributed by atoms with E-state index in [1.165, 1.54) is 20.7 Å². The lowest BCUT2D eigenvalue weighted by Gasteiger charge is -2.30. The number of nitrogens with zero attached hydrogens (tertiary/aromatic N) is 4. The van der Waals surface area contributed by atoms with Gasteiger partial charge in [-0.05, 0) is 64.0 Å². The van der Waals surface area contributed by atoms with Gasteiger partial charge in [0.25, 0.3) is 0 Å². The molecule has 2 aliphatic heterocycles. The molecule has 2 aliphatic rings. The molecule has 0 atom stereocenters. The van der Waals surface area contributed by atoms with Crippen molar-refractivity contribution in [3.05, 3.63) is 22.8 Å². The van der Waals surface area contributed by atoms with Gasteiger partial charge in [0.1, 0.15) is 11.3 Å². The Bertz CT molecular complexity index is 1310. The number of amides is 1. The first-order chi connectivity index (χ1) is 17.7. The van der Waals surface area contributed by atoms with Crippen molar-refractivity contribution in [2.75, 3.05) is 31.6 Å². The second-order valence-electron chi connectivity index (χ2n) is 11.4. The van der Waals surface area contributed by atoms with E-state index in [2.05, 4.69) is 49.7 Å².